The van der Waals surface area contributed by atoms with E-state index in [0.29, 0.717) is 15.8 Å². The number of carbonyl (C=O) groups is 1. The van der Waals surface area contributed by atoms with Crippen LogP contribution >= 0.6 is 23.2 Å². The lowest BCUT2D eigenvalue weighted by Crippen LogP contribution is -2.22. The molecule has 1 aliphatic carbocycles. The van der Waals surface area contributed by atoms with E-state index in [1.807, 2.05) is 0 Å². The van der Waals surface area contributed by atoms with Crippen LogP contribution in [0.1, 0.15) is 47.5 Å². The first-order valence-corrected chi connectivity index (χ1v) is 6.77. The van der Waals surface area contributed by atoms with Crippen molar-refractivity contribution in [2.45, 2.75) is 37.7 Å². The molecule has 1 aliphatic heterocycles. The zero-order valence-electron chi connectivity index (χ0n) is 9.58. The van der Waals surface area contributed by atoms with Crippen LogP contribution in [-0.2, 0) is 0 Å². The summed E-state index contributed by atoms with van der Waals surface area (Å²) in [6.07, 6.45) is 4.23. The molecular formula is C13H12Cl2O3. The van der Waals surface area contributed by atoms with Gasteiger partial charge in [-0.05, 0) is 25.3 Å². The topological polar surface area (TPSA) is 46.5 Å². The molecule has 1 aromatic carbocycles. The second-order valence-corrected chi connectivity index (χ2v) is 5.60. The van der Waals surface area contributed by atoms with Crippen LogP contribution in [0.4, 0.5) is 0 Å². The molecule has 0 bridgehead atoms. The second kappa shape index (κ2) is 4.32. The zero-order chi connectivity index (χ0) is 12.9. The summed E-state index contributed by atoms with van der Waals surface area (Å²) >= 11 is 12.3. The summed E-state index contributed by atoms with van der Waals surface area (Å²) in [5, 5.41) is 9.96. The van der Waals surface area contributed by atoms with Crippen molar-refractivity contribution in [1.82, 2.24) is 0 Å². The predicted octanol–water partition coefficient (Wildman–Crippen LogP) is 4.11. The first-order chi connectivity index (χ1) is 8.59. The molecule has 3 nitrogen and oxygen atoms in total. The van der Waals surface area contributed by atoms with Gasteiger partial charge < -0.3 is 9.84 Å². The fourth-order valence-corrected chi connectivity index (χ4v) is 3.46. The Morgan fingerprint density at radius 2 is 2.06 bits per heavy atom. The number of carboxylic acids is 1. The van der Waals surface area contributed by atoms with E-state index in [1.54, 1.807) is 0 Å². The molecule has 0 spiro atoms. The summed E-state index contributed by atoms with van der Waals surface area (Å²) in [4.78, 5) is 11.2. The minimum absolute atomic E-state index is 0.0582. The van der Waals surface area contributed by atoms with Crippen molar-refractivity contribution in [2.24, 2.45) is 0 Å². The molecule has 1 fully saturated rings. The third kappa shape index (κ3) is 1.69. The predicted molar refractivity (Wildman–Crippen MR) is 69.0 cm³/mol. The fourth-order valence-electron chi connectivity index (χ4n) is 2.97. The summed E-state index contributed by atoms with van der Waals surface area (Å²) in [7, 11) is 0. The van der Waals surface area contributed by atoms with Gasteiger partial charge in [-0.15, -0.1) is 0 Å². The smallest absolute Gasteiger partial charge is 0.339 e. The van der Waals surface area contributed by atoms with Gasteiger partial charge in [0.1, 0.15) is 17.4 Å². The Hall–Kier alpha value is -0.930. The Kier molecular flexibility index (Phi) is 2.91. The molecule has 3 rings (SSSR count). The van der Waals surface area contributed by atoms with Crippen LogP contribution < -0.4 is 4.74 Å². The van der Waals surface area contributed by atoms with Gasteiger partial charge in [-0.1, -0.05) is 29.6 Å². The zero-order valence-corrected chi connectivity index (χ0v) is 11.1. The molecule has 0 saturated heterocycles. The number of fused-ring (bicyclic) bond motifs is 3. The first kappa shape index (κ1) is 12.1. The summed E-state index contributed by atoms with van der Waals surface area (Å²) < 4.78 is 5.82. The van der Waals surface area contributed by atoms with Crippen molar-refractivity contribution in [2.75, 3.05) is 0 Å². The number of aromatic carboxylic acids is 1. The van der Waals surface area contributed by atoms with Crippen molar-refractivity contribution < 1.29 is 14.6 Å². The van der Waals surface area contributed by atoms with Crippen LogP contribution in [-0.4, -0.2) is 17.2 Å². The summed E-state index contributed by atoms with van der Waals surface area (Å²) in [5.74, 6) is -0.407. The molecule has 1 aromatic rings. The van der Waals surface area contributed by atoms with Gasteiger partial charge in [-0.25, -0.2) is 4.79 Å². The third-order valence-electron chi connectivity index (χ3n) is 3.78. The highest BCUT2D eigenvalue weighted by molar-refractivity contribution is 6.43. The molecule has 0 radical (unpaired) electrons. The van der Waals surface area contributed by atoms with E-state index < -0.39 is 5.97 Å². The average Bonchev–Trinajstić information content (AvgIpc) is 2.72. The summed E-state index contributed by atoms with van der Waals surface area (Å²) in [6.45, 7) is 0. The highest BCUT2D eigenvalue weighted by Gasteiger charge is 2.40. The van der Waals surface area contributed by atoms with E-state index in [-0.39, 0.29) is 17.6 Å². The van der Waals surface area contributed by atoms with Gasteiger partial charge in [-0.3, -0.25) is 0 Å². The Balaban J connectivity index is 2.19. The highest BCUT2D eigenvalue weighted by atomic mass is 35.5. The maximum Gasteiger partial charge on any atom is 0.339 e. The Labute approximate surface area is 115 Å². The molecule has 1 heterocycles. The van der Waals surface area contributed by atoms with E-state index in [4.69, 9.17) is 27.9 Å². The standard InChI is InChI=1S/C13H12Cl2O3/c14-8-5-7(13(16)17)12-10(11(8)15)6-3-1-2-4-9(6)18-12/h5-6,9H,1-4H2,(H,16,17). The van der Waals surface area contributed by atoms with Crippen molar-refractivity contribution in [3.8, 4) is 5.75 Å². The van der Waals surface area contributed by atoms with E-state index in [1.165, 1.54) is 6.07 Å². The number of hydrogen-bond acceptors (Lipinski definition) is 2. The minimum Gasteiger partial charge on any atom is -0.489 e. The van der Waals surface area contributed by atoms with E-state index >= 15 is 0 Å². The fraction of sp³-hybridized carbons (Fsp3) is 0.462. The van der Waals surface area contributed by atoms with Gasteiger partial charge in [0.25, 0.3) is 0 Å². The van der Waals surface area contributed by atoms with Crippen molar-refractivity contribution in [3.05, 3.63) is 27.2 Å². The lowest BCUT2D eigenvalue weighted by Gasteiger charge is -2.24. The van der Waals surface area contributed by atoms with Crippen LogP contribution in [0.15, 0.2) is 6.07 Å². The SMILES string of the molecule is O=C(O)c1cc(Cl)c(Cl)c2c1OC1CCCCC21. The molecule has 2 atom stereocenters. The number of ether oxygens (including phenoxy) is 1. The number of rotatable bonds is 1. The van der Waals surface area contributed by atoms with Crippen LogP contribution in [0.3, 0.4) is 0 Å². The molecule has 18 heavy (non-hydrogen) atoms. The van der Waals surface area contributed by atoms with Crippen LogP contribution in [0.5, 0.6) is 5.75 Å². The summed E-state index contributed by atoms with van der Waals surface area (Å²) in [6, 6.07) is 1.38. The third-order valence-corrected chi connectivity index (χ3v) is 4.58. The number of hydrogen-bond donors (Lipinski definition) is 1. The number of halogens is 2. The van der Waals surface area contributed by atoms with Gasteiger partial charge in [0.2, 0.25) is 0 Å². The minimum atomic E-state index is -1.02. The quantitative estimate of drug-likeness (QED) is 0.845. The van der Waals surface area contributed by atoms with Crippen molar-refractivity contribution >= 4 is 29.2 Å². The number of benzene rings is 1. The first-order valence-electron chi connectivity index (χ1n) is 6.01. The lowest BCUT2D eigenvalue weighted by molar-refractivity contribution is 0.0689. The van der Waals surface area contributed by atoms with Crippen LogP contribution in [0, 0.1) is 0 Å². The Morgan fingerprint density at radius 1 is 1.33 bits per heavy atom. The maximum atomic E-state index is 11.2. The molecular weight excluding hydrogens is 275 g/mol. The molecule has 96 valence electrons. The average molecular weight is 287 g/mol. The molecule has 5 heteroatoms. The molecule has 2 unspecified atom stereocenters. The maximum absolute atomic E-state index is 11.2. The monoisotopic (exact) mass is 286 g/mol. The van der Waals surface area contributed by atoms with Crippen molar-refractivity contribution in [3.63, 3.8) is 0 Å². The largest absolute Gasteiger partial charge is 0.489 e. The molecule has 2 aliphatic rings. The van der Waals surface area contributed by atoms with Gasteiger partial charge in [0, 0.05) is 11.5 Å². The van der Waals surface area contributed by atoms with Crippen LogP contribution in [0.2, 0.25) is 10.0 Å². The van der Waals surface area contributed by atoms with Crippen molar-refractivity contribution in [1.29, 1.82) is 0 Å². The summed E-state index contributed by atoms with van der Waals surface area (Å²) in [5.41, 5.74) is 0.917. The van der Waals surface area contributed by atoms with Crippen LogP contribution in [0.25, 0.3) is 0 Å². The van der Waals surface area contributed by atoms with Gasteiger partial charge in [0.15, 0.2) is 0 Å². The molecule has 0 aromatic heterocycles. The highest BCUT2D eigenvalue weighted by Crippen LogP contribution is 2.51. The number of carboxylic acid groups (broad SMARTS) is 1. The van der Waals surface area contributed by atoms with E-state index in [9.17, 15) is 9.90 Å². The normalized spacial score (nSPS) is 25.2. The van der Waals surface area contributed by atoms with Gasteiger partial charge >= 0.3 is 5.97 Å². The second-order valence-electron chi connectivity index (χ2n) is 4.82. The van der Waals surface area contributed by atoms with E-state index in [2.05, 4.69) is 0 Å². The van der Waals surface area contributed by atoms with Gasteiger partial charge in [0.05, 0.1) is 10.0 Å². The Bertz CT molecular complexity index is 527. The molecule has 0 amide bonds. The Morgan fingerprint density at radius 3 is 2.78 bits per heavy atom. The molecule has 1 saturated carbocycles. The lowest BCUT2D eigenvalue weighted by atomic mass is 9.83. The van der Waals surface area contributed by atoms with Gasteiger partial charge in [-0.2, -0.15) is 0 Å². The molecule has 1 N–H and O–H groups in total. The van der Waals surface area contributed by atoms with E-state index in [0.717, 1.165) is 31.2 Å².